The zero-order valence-electron chi connectivity index (χ0n) is 7.46. The Morgan fingerprint density at radius 1 is 1.33 bits per heavy atom. The summed E-state index contributed by atoms with van der Waals surface area (Å²) in [5.41, 5.74) is 0. The van der Waals surface area contributed by atoms with Gasteiger partial charge in [-0.2, -0.15) is 11.1 Å². The van der Waals surface area contributed by atoms with Crippen LogP contribution >= 0.6 is 11.1 Å². The molecule has 0 aromatic heterocycles. The number of rotatable bonds is 0. The van der Waals surface area contributed by atoms with Crippen molar-refractivity contribution in [2.75, 3.05) is 0 Å². The van der Waals surface area contributed by atoms with Crippen molar-refractivity contribution in [3.8, 4) is 0 Å². The Kier molecular flexibility index (Phi) is 5.22. The zero-order valence-corrected chi connectivity index (χ0v) is 7.37. The van der Waals surface area contributed by atoms with Gasteiger partial charge in [0.1, 0.15) is 7.38 Å². The van der Waals surface area contributed by atoms with Gasteiger partial charge in [0.05, 0.1) is 0 Å². The first-order valence-electron chi connectivity index (χ1n) is 1.69. The van der Waals surface area contributed by atoms with Crippen molar-refractivity contribution in [1.29, 1.82) is 0 Å². The van der Waals surface area contributed by atoms with Crippen LogP contribution in [-0.4, -0.2) is 24.7 Å². The molecule has 0 bridgehead atoms. The molecular formula is C3H12AlClSi. The maximum absolute atomic E-state index is 5.67. The Bertz CT molecular complexity index is 34.5. The molecule has 3 heteroatoms. The molecule has 0 unspecified atom stereocenters. The minimum absolute atomic E-state index is 0. The van der Waals surface area contributed by atoms with Crippen molar-refractivity contribution in [1.82, 2.24) is 0 Å². The molecule has 0 rings (SSSR count). The van der Waals surface area contributed by atoms with Crippen LogP contribution in [0, 0.1) is 0 Å². The summed E-state index contributed by atoms with van der Waals surface area (Å²) in [4.78, 5) is 0. The Labute approximate surface area is 60.2 Å². The third-order valence-electron chi connectivity index (χ3n) is 0. The van der Waals surface area contributed by atoms with Crippen LogP contribution in [0.2, 0.25) is 19.6 Å². The predicted molar refractivity (Wildman–Crippen MR) is 38.3 cm³/mol. The molecule has 0 aliphatic carbocycles. The van der Waals surface area contributed by atoms with Crippen LogP contribution in [0.25, 0.3) is 0 Å². The van der Waals surface area contributed by atoms with E-state index in [-0.39, 0.29) is 21.6 Å². The molecule has 0 aromatic carbocycles. The Morgan fingerprint density at radius 3 is 1.33 bits per heavy atom. The summed E-state index contributed by atoms with van der Waals surface area (Å²) in [5.74, 6) is 0. The van der Waals surface area contributed by atoms with Crippen molar-refractivity contribution < 1.29 is 4.28 Å². The summed E-state index contributed by atoms with van der Waals surface area (Å²) in [6.07, 6.45) is 0. The normalized spacial score (nSPS) is 10.0. The van der Waals surface area contributed by atoms with E-state index in [4.69, 9.17) is 11.1 Å². The van der Waals surface area contributed by atoms with Gasteiger partial charge < -0.3 is 4.28 Å². The van der Waals surface area contributed by atoms with Crippen molar-refractivity contribution in [2.45, 2.75) is 19.6 Å². The van der Waals surface area contributed by atoms with E-state index in [0.717, 1.165) is 0 Å². The van der Waals surface area contributed by atoms with Crippen LogP contribution in [0.3, 0.4) is 0 Å². The second-order valence-electron chi connectivity index (χ2n) is 2.07. The van der Waals surface area contributed by atoms with Crippen LogP contribution in [-0.2, 0) is 0 Å². The van der Waals surface area contributed by atoms with E-state index in [2.05, 4.69) is 19.6 Å². The van der Waals surface area contributed by atoms with E-state index in [9.17, 15) is 0 Å². The molecule has 0 N–H and O–H groups in total. The molecule has 0 spiro atoms. The smallest absolute Gasteiger partial charge is 1.00 e. The van der Waals surface area contributed by atoms with Gasteiger partial charge in [0.15, 0.2) is 0 Å². The molecule has 0 radical (unpaired) electrons. The maximum atomic E-state index is 5.67. The van der Waals surface area contributed by atoms with Gasteiger partial charge in [0.25, 0.3) is 0 Å². The molecule has 38 valence electrons. The number of hydrogen-bond acceptors (Lipinski definition) is 0. The van der Waals surface area contributed by atoms with E-state index in [1.807, 2.05) is 0 Å². The minimum Gasteiger partial charge on any atom is -1.00 e. The molecule has 0 fully saturated rings. The number of hydrogen-bond donors (Lipinski definition) is 0. The van der Waals surface area contributed by atoms with E-state index >= 15 is 0 Å². The molecule has 0 heterocycles. The molecule has 6 heavy (non-hydrogen) atoms. The van der Waals surface area contributed by atoms with Crippen LogP contribution in [0.15, 0.2) is 0 Å². The predicted octanol–water partition coefficient (Wildman–Crippen LogP) is 2.02. The van der Waals surface area contributed by atoms with Gasteiger partial charge in [-0.15, -0.1) is 0 Å². The average Bonchev–Trinajstić information content (AvgIpc) is 0.722. The fourth-order valence-electron chi connectivity index (χ4n) is 0. The molecule has 0 aliphatic heterocycles. The Balaban J connectivity index is -0.0000000133. The van der Waals surface area contributed by atoms with Gasteiger partial charge in [-0.3, -0.25) is 0 Å². The fraction of sp³-hybridized carbons (Fsp3) is 1.00. The number of halogens is 1. The van der Waals surface area contributed by atoms with Crippen LogP contribution < -0.4 is 0 Å². The molecule has 0 atom stereocenters. The third kappa shape index (κ3) is 76.1. The summed E-state index contributed by atoms with van der Waals surface area (Å²) in [6.45, 7) is 6.28. The van der Waals surface area contributed by atoms with Gasteiger partial charge >= 0.3 is 17.4 Å². The molecule has 0 aromatic rings. The van der Waals surface area contributed by atoms with Gasteiger partial charge in [-0.25, -0.2) is 0 Å². The first-order valence-corrected chi connectivity index (χ1v) is 6.20. The molecule has 0 amide bonds. The summed E-state index contributed by atoms with van der Waals surface area (Å²) in [5, 5.41) is 0. The van der Waals surface area contributed by atoms with Crippen molar-refractivity contribution >= 4 is 35.8 Å². The summed E-state index contributed by atoms with van der Waals surface area (Å²) in [7, 11) is -1.14. The maximum Gasteiger partial charge on any atom is 3.00 e. The van der Waals surface area contributed by atoms with Crippen molar-refractivity contribution in [2.24, 2.45) is 0 Å². The van der Waals surface area contributed by atoms with Crippen molar-refractivity contribution in [3.63, 3.8) is 0 Å². The summed E-state index contributed by atoms with van der Waals surface area (Å²) < 4.78 is 0. The van der Waals surface area contributed by atoms with E-state index in [1.165, 1.54) is 0 Å². The first-order chi connectivity index (χ1) is 2.00. The standard InChI is InChI=1S/C3H9ClSi.Al.3H/c1-5(2,3)4;;;;/h1-3H3;;;;/q;+3;3*-1. The second kappa shape index (κ2) is 3.10. The zero-order chi connectivity index (χ0) is 4.50. The van der Waals surface area contributed by atoms with Crippen LogP contribution in [0.1, 0.15) is 4.28 Å². The van der Waals surface area contributed by atoms with Gasteiger partial charge in [-0.05, 0) is 0 Å². The SMILES string of the molecule is C[Si](C)(C)Cl.[Al+3].[H-].[H-].[H-]. The average molecular weight is 139 g/mol. The summed E-state index contributed by atoms with van der Waals surface area (Å²) in [6, 6.07) is 0. The second-order valence-corrected chi connectivity index (χ2v) is 9.60. The van der Waals surface area contributed by atoms with Gasteiger partial charge in [0, 0.05) is 0 Å². The van der Waals surface area contributed by atoms with Crippen LogP contribution in [0.5, 0.6) is 0 Å². The monoisotopic (exact) mass is 138 g/mol. The van der Waals surface area contributed by atoms with Gasteiger partial charge in [-0.1, -0.05) is 19.6 Å². The van der Waals surface area contributed by atoms with Crippen molar-refractivity contribution in [3.05, 3.63) is 0 Å². The molecule has 0 saturated carbocycles. The van der Waals surface area contributed by atoms with E-state index in [1.54, 1.807) is 0 Å². The minimum atomic E-state index is -1.14. The molecular weight excluding hydrogens is 127 g/mol. The largest absolute Gasteiger partial charge is 3.00 e. The van der Waals surface area contributed by atoms with E-state index < -0.39 is 7.38 Å². The van der Waals surface area contributed by atoms with Crippen LogP contribution in [0.4, 0.5) is 0 Å². The summed E-state index contributed by atoms with van der Waals surface area (Å²) >= 11 is 5.67. The van der Waals surface area contributed by atoms with Gasteiger partial charge in [0.2, 0.25) is 0 Å². The molecule has 0 aliphatic rings. The Morgan fingerprint density at radius 2 is 1.33 bits per heavy atom. The first kappa shape index (κ1) is 10.1. The quantitative estimate of drug-likeness (QED) is 0.355. The topological polar surface area (TPSA) is 0 Å². The molecule has 0 nitrogen and oxygen atoms in total. The molecule has 0 saturated heterocycles. The Hall–Kier alpha value is 1.04. The van der Waals surface area contributed by atoms with E-state index in [0.29, 0.717) is 0 Å². The third-order valence-corrected chi connectivity index (χ3v) is 0. The fourth-order valence-corrected chi connectivity index (χ4v) is 0.